The molecule has 2 heterocycles. The maximum absolute atomic E-state index is 13.2. The minimum absolute atomic E-state index is 0.0118. The van der Waals surface area contributed by atoms with Gasteiger partial charge in [-0.05, 0) is 62.4 Å². The van der Waals surface area contributed by atoms with Gasteiger partial charge < -0.3 is 20.1 Å². The van der Waals surface area contributed by atoms with Crippen molar-refractivity contribution in [3.8, 4) is 0 Å². The average Bonchev–Trinajstić information content (AvgIpc) is 3.47. The summed E-state index contributed by atoms with van der Waals surface area (Å²) in [6.45, 7) is 3.89. The third-order valence-electron chi connectivity index (χ3n) is 6.39. The molecule has 2 saturated heterocycles. The van der Waals surface area contributed by atoms with Crippen LogP contribution >= 0.6 is 48.0 Å². The smallest absolute Gasteiger partial charge is 0.338 e. The number of nitrogens with zero attached hydrogens (tertiary/aromatic N) is 2. The molecule has 16 heteroatoms. The summed E-state index contributed by atoms with van der Waals surface area (Å²) in [5, 5.41) is 5.41. The van der Waals surface area contributed by atoms with Crippen molar-refractivity contribution in [3.05, 3.63) is 69.5 Å². The van der Waals surface area contributed by atoms with Gasteiger partial charge in [0.2, 0.25) is 11.8 Å². The second-order valence-electron chi connectivity index (χ2n) is 9.50. The summed E-state index contributed by atoms with van der Waals surface area (Å²) in [6, 6.07) is 12.4. The standard InChI is InChI=1S/C30H28N4O8S4/c1-3-41-27(39)17-5-9-19(10-6-17)31-21(35)13-15-33-25(37)23(45-29(33)43)24-26(38)34(30(44)46-24)16-14-22(36)32-20-11-7-18(8-12-20)28(40)42-4-2/h5-12H,3-4,13-16H2,1-2H3,(H,31,35)(H,32,36)/b24-23+. The molecule has 0 aromatic heterocycles. The molecule has 2 aliphatic rings. The molecule has 240 valence electrons. The highest BCUT2D eigenvalue weighted by Crippen LogP contribution is 2.42. The molecule has 0 aliphatic carbocycles. The van der Waals surface area contributed by atoms with E-state index in [0.717, 1.165) is 23.5 Å². The van der Waals surface area contributed by atoms with Gasteiger partial charge in [-0.1, -0.05) is 48.0 Å². The number of thiocarbonyl (C=S) groups is 2. The zero-order valence-corrected chi connectivity index (χ0v) is 27.9. The molecular formula is C30H28N4O8S4. The highest BCUT2D eigenvalue weighted by Gasteiger charge is 2.42. The lowest BCUT2D eigenvalue weighted by Gasteiger charge is -2.15. The Morgan fingerprint density at radius 2 is 1.00 bits per heavy atom. The quantitative estimate of drug-likeness (QED) is 0.184. The first-order valence-corrected chi connectivity index (χ1v) is 16.4. The van der Waals surface area contributed by atoms with Crippen molar-refractivity contribution in [2.75, 3.05) is 36.9 Å². The molecule has 2 aromatic carbocycles. The lowest BCUT2D eigenvalue weighted by atomic mass is 10.2. The molecule has 0 unspecified atom stereocenters. The van der Waals surface area contributed by atoms with Crippen LogP contribution in [0.4, 0.5) is 11.4 Å². The molecule has 2 aliphatic heterocycles. The van der Waals surface area contributed by atoms with Crippen LogP contribution in [0, 0.1) is 0 Å². The SMILES string of the molecule is CCOC(=O)c1ccc(NC(=O)CCN2C(=O)/C(=C3\SC(=S)N(CCC(=O)Nc4ccc(C(=O)OCC)cc4)C3=O)SC2=S)cc1. The van der Waals surface area contributed by atoms with Crippen LogP contribution in [0.2, 0.25) is 0 Å². The fraction of sp³-hybridized carbons (Fsp3) is 0.267. The van der Waals surface area contributed by atoms with E-state index in [-0.39, 0.29) is 69.4 Å². The number of amides is 4. The molecule has 0 bridgehead atoms. The van der Waals surface area contributed by atoms with Gasteiger partial charge in [-0.2, -0.15) is 0 Å². The maximum atomic E-state index is 13.2. The van der Waals surface area contributed by atoms with Gasteiger partial charge in [0, 0.05) is 37.3 Å². The van der Waals surface area contributed by atoms with Crippen LogP contribution in [0.3, 0.4) is 0 Å². The zero-order valence-electron chi connectivity index (χ0n) is 24.7. The van der Waals surface area contributed by atoms with Crippen LogP contribution in [0.1, 0.15) is 47.4 Å². The summed E-state index contributed by atoms with van der Waals surface area (Å²) in [6.07, 6.45) is -0.137. The van der Waals surface area contributed by atoms with Crippen LogP contribution in [-0.4, -0.2) is 80.3 Å². The number of nitrogens with one attached hydrogen (secondary N) is 2. The highest BCUT2D eigenvalue weighted by atomic mass is 32.2. The average molecular weight is 701 g/mol. The third kappa shape index (κ3) is 8.57. The first-order chi connectivity index (χ1) is 22.0. The number of hydrogen-bond acceptors (Lipinski definition) is 12. The summed E-state index contributed by atoms with van der Waals surface area (Å²) in [4.78, 5) is 77.9. The van der Waals surface area contributed by atoms with Crippen LogP contribution in [-0.2, 0) is 28.7 Å². The number of hydrogen-bond donors (Lipinski definition) is 2. The molecular weight excluding hydrogens is 673 g/mol. The Morgan fingerprint density at radius 3 is 1.33 bits per heavy atom. The minimum Gasteiger partial charge on any atom is -0.462 e. The molecule has 0 radical (unpaired) electrons. The van der Waals surface area contributed by atoms with Crippen LogP contribution in [0.5, 0.6) is 0 Å². The number of carbonyl (C=O) groups is 6. The Hall–Kier alpha value is -4.12. The summed E-state index contributed by atoms with van der Waals surface area (Å²) < 4.78 is 10.3. The van der Waals surface area contributed by atoms with Crippen molar-refractivity contribution in [2.45, 2.75) is 26.7 Å². The first kappa shape index (κ1) is 34.7. The van der Waals surface area contributed by atoms with E-state index in [4.69, 9.17) is 33.9 Å². The monoisotopic (exact) mass is 700 g/mol. The van der Waals surface area contributed by atoms with Gasteiger partial charge in [0.25, 0.3) is 11.8 Å². The second kappa shape index (κ2) is 15.9. The Balaban J connectivity index is 1.29. The summed E-state index contributed by atoms with van der Waals surface area (Å²) >= 11 is 12.6. The molecule has 4 amide bonds. The number of anilines is 2. The van der Waals surface area contributed by atoms with Gasteiger partial charge in [0.15, 0.2) is 0 Å². The van der Waals surface area contributed by atoms with Crippen molar-refractivity contribution in [1.29, 1.82) is 0 Å². The number of rotatable bonds is 12. The van der Waals surface area contributed by atoms with Gasteiger partial charge in [0.1, 0.15) is 8.64 Å². The lowest BCUT2D eigenvalue weighted by Crippen LogP contribution is -2.33. The molecule has 0 atom stereocenters. The van der Waals surface area contributed by atoms with Gasteiger partial charge in [-0.3, -0.25) is 29.0 Å². The Bertz CT molecular complexity index is 1510. The number of benzene rings is 2. The summed E-state index contributed by atoms with van der Waals surface area (Å²) in [7, 11) is 0. The van der Waals surface area contributed by atoms with Crippen molar-refractivity contribution in [3.63, 3.8) is 0 Å². The van der Waals surface area contributed by atoms with Crippen molar-refractivity contribution in [1.82, 2.24) is 9.80 Å². The zero-order chi connectivity index (χ0) is 33.4. The van der Waals surface area contributed by atoms with E-state index in [1.807, 2.05) is 0 Å². The van der Waals surface area contributed by atoms with E-state index >= 15 is 0 Å². The Morgan fingerprint density at radius 1 is 0.652 bits per heavy atom. The largest absolute Gasteiger partial charge is 0.462 e. The van der Waals surface area contributed by atoms with E-state index in [2.05, 4.69) is 10.6 Å². The van der Waals surface area contributed by atoms with Crippen molar-refractivity contribution in [2.24, 2.45) is 0 Å². The highest BCUT2D eigenvalue weighted by molar-refractivity contribution is 8.29. The van der Waals surface area contributed by atoms with Crippen molar-refractivity contribution < 1.29 is 38.2 Å². The van der Waals surface area contributed by atoms with E-state index in [1.165, 1.54) is 34.1 Å². The molecule has 46 heavy (non-hydrogen) atoms. The fourth-order valence-corrected chi connectivity index (χ4v) is 6.91. The van der Waals surface area contributed by atoms with Crippen molar-refractivity contribution >= 4 is 104 Å². The van der Waals surface area contributed by atoms with E-state index in [1.54, 1.807) is 38.1 Å². The number of esters is 2. The number of thioether (sulfide) groups is 2. The number of carbonyl (C=O) groups excluding carboxylic acids is 6. The van der Waals surface area contributed by atoms with Gasteiger partial charge in [-0.15, -0.1) is 0 Å². The third-order valence-corrected chi connectivity index (χ3v) is 9.41. The molecule has 0 saturated carbocycles. The predicted molar refractivity (Wildman–Crippen MR) is 182 cm³/mol. The normalized spacial score (nSPS) is 16.1. The minimum atomic E-state index is -0.508. The van der Waals surface area contributed by atoms with E-state index < -0.39 is 23.8 Å². The summed E-state index contributed by atoms with van der Waals surface area (Å²) in [5.74, 6) is -2.70. The lowest BCUT2D eigenvalue weighted by molar-refractivity contribution is -0.125. The topological polar surface area (TPSA) is 151 Å². The van der Waals surface area contributed by atoms with E-state index in [0.29, 0.717) is 22.5 Å². The number of ether oxygens (including phenoxy) is 2. The predicted octanol–water partition coefficient (Wildman–Crippen LogP) is 4.33. The molecule has 2 fully saturated rings. The Labute approximate surface area is 283 Å². The van der Waals surface area contributed by atoms with Gasteiger partial charge >= 0.3 is 11.9 Å². The van der Waals surface area contributed by atoms with Gasteiger partial charge in [0.05, 0.1) is 34.2 Å². The molecule has 2 aromatic rings. The summed E-state index contributed by atoms with van der Waals surface area (Å²) in [5.41, 5.74) is 1.64. The molecule has 4 rings (SSSR count). The second-order valence-corrected chi connectivity index (χ2v) is 12.8. The van der Waals surface area contributed by atoms with Crippen LogP contribution < -0.4 is 10.6 Å². The fourth-order valence-electron chi connectivity index (χ4n) is 4.14. The molecule has 2 N–H and O–H groups in total. The van der Waals surface area contributed by atoms with E-state index in [9.17, 15) is 28.8 Å². The van der Waals surface area contributed by atoms with Crippen LogP contribution in [0.15, 0.2) is 58.3 Å². The Kier molecular flexibility index (Phi) is 12.0. The van der Waals surface area contributed by atoms with Crippen LogP contribution in [0.25, 0.3) is 0 Å². The maximum Gasteiger partial charge on any atom is 0.338 e. The first-order valence-electron chi connectivity index (χ1n) is 14.0. The van der Waals surface area contributed by atoms with Gasteiger partial charge in [-0.25, -0.2) is 9.59 Å². The molecule has 12 nitrogen and oxygen atoms in total. The molecule has 0 spiro atoms.